The van der Waals surface area contributed by atoms with Crippen molar-refractivity contribution in [1.29, 1.82) is 0 Å². The van der Waals surface area contributed by atoms with E-state index in [0.717, 1.165) is 24.3 Å². The van der Waals surface area contributed by atoms with Gasteiger partial charge in [-0.3, -0.25) is 0 Å². The Morgan fingerprint density at radius 3 is 2.68 bits per heavy atom. The molecule has 25 heavy (non-hydrogen) atoms. The van der Waals surface area contributed by atoms with Gasteiger partial charge in [-0.05, 0) is 44.0 Å². The van der Waals surface area contributed by atoms with Gasteiger partial charge in [-0.2, -0.15) is 4.36 Å². The summed E-state index contributed by atoms with van der Waals surface area (Å²) in [6, 6.07) is 8.65. The molecule has 1 fully saturated rings. The van der Waals surface area contributed by atoms with E-state index < -0.39 is 9.73 Å². The molecule has 134 valence electrons. The fourth-order valence-electron chi connectivity index (χ4n) is 2.91. The van der Waals surface area contributed by atoms with Crippen LogP contribution in [0.1, 0.15) is 30.3 Å². The van der Waals surface area contributed by atoms with Gasteiger partial charge in [0, 0.05) is 40.5 Å². The first-order valence-corrected chi connectivity index (χ1v) is 10.4. The van der Waals surface area contributed by atoms with E-state index in [-0.39, 0.29) is 12.1 Å². The number of aryl methyl sites for hydroxylation is 1. The third-order valence-corrected chi connectivity index (χ3v) is 4.60. The van der Waals surface area contributed by atoms with E-state index in [1.807, 2.05) is 13.0 Å². The van der Waals surface area contributed by atoms with Gasteiger partial charge in [-0.15, -0.1) is 0 Å². The van der Waals surface area contributed by atoms with Crippen molar-refractivity contribution in [1.82, 2.24) is 10.1 Å². The van der Waals surface area contributed by atoms with Crippen molar-refractivity contribution in [2.24, 2.45) is 4.36 Å². The molecule has 2 aromatic rings. The fourth-order valence-corrected chi connectivity index (χ4v) is 3.54. The first-order chi connectivity index (χ1) is 11.8. The normalized spacial score (nSPS) is 17.6. The van der Waals surface area contributed by atoms with E-state index in [9.17, 15) is 9.00 Å². The summed E-state index contributed by atoms with van der Waals surface area (Å²) < 4.78 is 21.0. The molecule has 1 saturated heterocycles. The highest BCUT2D eigenvalue weighted by atomic mass is 32.2. The molecule has 0 spiro atoms. The van der Waals surface area contributed by atoms with Gasteiger partial charge in [0.2, 0.25) is 0 Å². The van der Waals surface area contributed by atoms with Crippen molar-refractivity contribution in [3.63, 3.8) is 0 Å². The Hall–Kier alpha value is -2.35. The summed E-state index contributed by atoms with van der Waals surface area (Å²) in [5, 5.41) is 6.94. The van der Waals surface area contributed by atoms with Crippen molar-refractivity contribution in [3.8, 4) is 0 Å². The maximum Gasteiger partial charge on any atom is 0.322 e. The minimum atomic E-state index is -2.20. The Balaban J connectivity index is 1.70. The summed E-state index contributed by atoms with van der Waals surface area (Å²) >= 11 is 0. The largest absolute Gasteiger partial charge is 0.361 e. The van der Waals surface area contributed by atoms with Gasteiger partial charge in [0.15, 0.2) is 0 Å². The standard InChI is InChI=1S/C17H22N4O3S/c1-12-11-15(19-24-12)16-5-4-10-21(16)17(22)18-13-6-8-14(9-7-13)20-25(2,3)23/h6-9,11,16H,4-5,10H2,1-3H3,(H,18,22). The molecule has 1 aliphatic heterocycles. The number of carbonyl (C=O) groups excluding carboxylic acids is 1. The van der Waals surface area contributed by atoms with Crippen molar-refractivity contribution >= 4 is 27.1 Å². The molecule has 0 saturated carbocycles. The lowest BCUT2D eigenvalue weighted by atomic mass is 10.1. The first-order valence-electron chi connectivity index (χ1n) is 8.10. The number of amides is 2. The maximum atomic E-state index is 12.6. The van der Waals surface area contributed by atoms with Crippen molar-refractivity contribution in [2.75, 3.05) is 24.4 Å². The predicted octanol–water partition coefficient (Wildman–Crippen LogP) is 3.71. The molecule has 0 aliphatic carbocycles. The molecule has 8 heteroatoms. The van der Waals surface area contributed by atoms with Crippen LogP contribution in [0, 0.1) is 6.92 Å². The molecule has 2 heterocycles. The van der Waals surface area contributed by atoms with E-state index >= 15 is 0 Å². The Labute approximate surface area is 147 Å². The molecule has 1 aliphatic rings. The number of urea groups is 1. The van der Waals surface area contributed by atoms with Crippen LogP contribution in [0.2, 0.25) is 0 Å². The third-order valence-electron chi connectivity index (χ3n) is 3.95. The number of benzene rings is 1. The van der Waals surface area contributed by atoms with Crippen LogP contribution in [0.4, 0.5) is 16.2 Å². The van der Waals surface area contributed by atoms with E-state index in [2.05, 4.69) is 14.8 Å². The van der Waals surface area contributed by atoms with Gasteiger partial charge in [-0.25, -0.2) is 9.00 Å². The summed E-state index contributed by atoms with van der Waals surface area (Å²) in [5.74, 6) is 0.741. The van der Waals surface area contributed by atoms with E-state index in [4.69, 9.17) is 4.52 Å². The summed E-state index contributed by atoms with van der Waals surface area (Å²) in [4.78, 5) is 14.4. The van der Waals surface area contributed by atoms with Crippen LogP contribution in [-0.2, 0) is 9.73 Å². The van der Waals surface area contributed by atoms with Gasteiger partial charge >= 0.3 is 6.03 Å². The summed E-state index contributed by atoms with van der Waals surface area (Å²) in [5.41, 5.74) is 2.09. The highest BCUT2D eigenvalue weighted by Gasteiger charge is 2.32. The fraction of sp³-hybridized carbons (Fsp3) is 0.412. The summed E-state index contributed by atoms with van der Waals surface area (Å²) in [7, 11) is -2.20. The number of rotatable bonds is 3. The first kappa shape index (κ1) is 17.5. The molecule has 1 unspecified atom stereocenters. The molecular weight excluding hydrogens is 340 g/mol. The number of hydrogen-bond donors (Lipinski definition) is 1. The molecule has 0 bridgehead atoms. The Kier molecular flexibility index (Phi) is 4.80. The zero-order valence-corrected chi connectivity index (χ0v) is 15.4. The molecule has 1 atom stereocenters. The van der Waals surface area contributed by atoms with Crippen LogP contribution in [0.3, 0.4) is 0 Å². The second-order valence-corrected chi connectivity index (χ2v) is 9.01. The number of likely N-dealkylation sites (tertiary alicyclic amines) is 1. The van der Waals surface area contributed by atoms with Gasteiger partial charge in [0.05, 0.1) is 11.7 Å². The number of aromatic nitrogens is 1. The number of nitrogens with one attached hydrogen (secondary N) is 1. The summed E-state index contributed by atoms with van der Waals surface area (Å²) in [6.45, 7) is 2.52. The van der Waals surface area contributed by atoms with Crippen LogP contribution >= 0.6 is 0 Å². The Bertz CT molecular complexity index is 874. The van der Waals surface area contributed by atoms with Crippen molar-refractivity contribution in [2.45, 2.75) is 25.8 Å². The molecule has 0 radical (unpaired) electrons. The van der Waals surface area contributed by atoms with E-state index in [1.165, 1.54) is 0 Å². The molecule has 1 N–H and O–H groups in total. The average Bonchev–Trinajstić information content (AvgIpc) is 3.16. The number of carbonyl (C=O) groups is 1. The topological polar surface area (TPSA) is 87.8 Å². The van der Waals surface area contributed by atoms with Crippen LogP contribution in [0.25, 0.3) is 0 Å². The lowest BCUT2D eigenvalue weighted by molar-refractivity contribution is 0.204. The van der Waals surface area contributed by atoms with Crippen LogP contribution in [-0.4, -0.2) is 39.4 Å². The van der Waals surface area contributed by atoms with Crippen molar-refractivity contribution in [3.05, 3.63) is 41.8 Å². The van der Waals surface area contributed by atoms with Gasteiger partial charge in [-0.1, -0.05) is 5.16 Å². The third kappa shape index (κ3) is 4.39. The number of anilines is 1. The second-order valence-electron chi connectivity index (χ2n) is 6.46. The van der Waals surface area contributed by atoms with Crippen LogP contribution < -0.4 is 5.32 Å². The lowest BCUT2D eigenvalue weighted by Gasteiger charge is -2.23. The van der Waals surface area contributed by atoms with Gasteiger partial charge < -0.3 is 14.7 Å². The molecule has 2 amide bonds. The molecule has 1 aromatic carbocycles. The molecule has 7 nitrogen and oxygen atoms in total. The molecule has 3 rings (SSSR count). The quantitative estimate of drug-likeness (QED) is 0.901. The number of hydrogen-bond acceptors (Lipinski definition) is 5. The minimum absolute atomic E-state index is 0.0587. The monoisotopic (exact) mass is 362 g/mol. The van der Waals surface area contributed by atoms with Crippen LogP contribution in [0.15, 0.2) is 39.2 Å². The smallest absolute Gasteiger partial charge is 0.322 e. The summed E-state index contributed by atoms with van der Waals surface area (Å²) in [6.07, 6.45) is 4.98. The Morgan fingerprint density at radius 2 is 2.08 bits per heavy atom. The van der Waals surface area contributed by atoms with Crippen LogP contribution in [0.5, 0.6) is 0 Å². The average molecular weight is 362 g/mol. The van der Waals surface area contributed by atoms with E-state index in [1.54, 1.807) is 41.7 Å². The minimum Gasteiger partial charge on any atom is -0.361 e. The van der Waals surface area contributed by atoms with E-state index in [0.29, 0.717) is 17.9 Å². The van der Waals surface area contributed by atoms with Gasteiger partial charge in [0.25, 0.3) is 0 Å². The SMILES string of the molecule is Cc1cc(C2CCCN2C(=O)Nc2ccc(N=S(C)(C)=O)cc2)no1. The lowest BCUT2D eigenvalue weighted by Crippen LogP contribution is -2.34. The molecule has 1 aromatic heterocycles. The maximum absolute atomic E-state index is 12.6. The predicted molar refractivity (Wildman–Crippen MR) is 97.5 cm³/mol. The highest BCUT2D eigenvalue weighted by molar-refractivity contribution is 7.92. The zero-order valence-electron chi connectivity index (χ0n) is 14.6. The highest BCUT2D eigenvalue weighted by Crippen LogP contribution is 2.32. The van der Waals surface area contributed by atoms with Crippen molar-refractivity contribution < 1.29 is 13.5 Å². The zero-order chi connectivity index (χ0) is 18.0. The Morgan fingerprint density at radius 1 is 1.36 bits per heavy atom. The number of nitrogens with zero attached hydrogens (tertiary/aromatic N) is 3. The van der Waals surface area contributed by atoms with Gasteiger partial charge in [0.1, 0.15) is 11.5 Å². The second kappa shape index (κ2) is 6.87. The molecular formula is C17H22N4O3S.